The highest BCUT2D eigenvalue weighted by Crippen LogP contribution is 2.20. The number of nitrogens with zero attached hydrogens (tertiary/aromatic N) is 2. The normalized spacial score (nSPS) is 17.0. The molecular formula is C18H21N3O4. The topological polar surface area (TPSA) is 72.9 Å². The van der Waals surface area contributed by atoms with Crippen LogP contribution >= 0.6 is 0 Å². The van der Waals surface area contributed by atoms with Crippen LogP contribution in [0.25, 0.3) is 0 Å². The zero-order chi connectivity index (χ0) is 17.5. The van der Waals surface area contributed by atoms with Crippen molar-refractivity contribution in [2.75, 3.05) is 33.4 Å². The minimum Gasteiger partial charge on any atom is -0.497 e. The van der Waals surface area contributed by atoms with Gasteiger partial charge >= 0.3 is 6.09 Å². The summed E-state index contributed by atoms with van der Waals surface area (Å²) < 4.78 is 16.4. The van der Waals surface area contributed by atoms with Gasteiger partial charge < -0.3 is 19.5 Å². The van der Waals surface area contributed by atoms with Crippen LogP contribution in [0, 0.1) is 0 Å². The number of piperazine rings is 1. The highest BCUT2D eigenvalue weighted by Gasteiger charge is 2.28. The monoisotopic (exact) mass is 343 g/mol. The molecule has 1 aliphatic heterocycles. The van der Waals surface area contributed by atoms with E-state index < -0.39 is 6.09 Å². The van der Waals surface area contributed by atoms with Gasteiger partial charge in [0.15, 0.2) is 0 Å². The minimum absolute atomic E-state index is 0.118. The summed E-state index contributed by atoms with van der Waals surface area (Å²) in [5.74, 6) is 1.77. The predicted molar refractivity (Wildman–Crippen MR) is 92.1 cm³/mol. The van der Waals surface area contributed by atoms with Crippen molar-refractivity contribution >= 4 is 6.09 Å². The zero-order valence-electron chi connectivity index (χ0n) is 14.1. The number of methoxy groups -OCH3 is 1. The Labute approximate surface area is 146 Å². The van der Waals surface area contributed by atoms with E-state index in [0.29, 0.717) is 36.9 Å². The largest absolute Gasteiger partial charge is 0.497 e. The highest BCUT2D eigenvalue weighted by molar-refractivity contribution is 5.71. The average molecular weight is 343 g/mol. The molecule has 1 aromatic carbocycles. The van der Waals surface area contributed by atoms with E-state index in [2.05, 4.69) is 10.3 Å². The van der Waals surface area contributed by atoms with Crippen LogP contribution in [-0.2, 0) is 0 Å². The Hall–Kier alpha value is -2.80. The molecule has 25 heavy (non-hydrogen) atoms. The van der Waals surface area contributed by atoms with Gasteiger partial charge in [-0.1, -0.05) is 6.07 Å². The molecule has 1 fully saturated rings. The fraction of sp³-hybridized carbons (Fsp3) is 0.333. The van der Waals surface area contributed by atoms with E-state index in [1.807, 2.05) is 12.1 Å². The molecule has 7 nitrogen and oxygen atoms in total. The number of carbonyl (C=O) groups excluding carboxylic acids is 1. The number of hydrogen-bond donors (Lipinski definition) is 1. The fourth-order valence-electron chi connectivity index (χ4n) is 2.60. The van der Waals surface area contributed by atoms with Gasteiger partial charge in [-0.15, -0.1) is 0 Å². The van der Waals surface area contributed by atoms with Crippen molar-refractivity contribution in [1.82, 2.24) is 15.2 Å². The number of amides is 1. The standard InChI is InChI=1S/C18H21N3O4/c1-23-15-4-2-5-16(10-15)25-18(22)21-9-8-20-11-14(21)13-24-17-6-3-7-19-12-17/h2-7,10,12,14,20H,8-9,11,13H2,1H3. The van der Waals surface area contributed by atoms with E-state index in [1.165, 1.54) is 0 Å². The zero-order valence-corrected chi connectivity index (χ0v) is 14.1. The van der Waals surface area contributed by atoms with Crippen LogP contribution in [-0.4, -0.2) is 55.4 Å². The first-order chi connectivity index (χ1) is 12.3. The summed E-state index contributed by atoms with van der Waals surface area (Å²) in [4.78, 5) is 18.3. The molecule has 1 amide bonds. The highest BCUT2D eigenvalue weighted by atomic mass is 16.6. The van der Waals surface area contributed by atoms with Crippen LogP contribution in [0.1, 0.15) is 0 Å². The van der Waals surface area contributed by atoms with Gasteiger partial charge in [0.2, 0.25) is 0 Å². The van der Waals surface area contributed by atoms with Crippen molar-refractivity contribution in [3.05, 3.63) is 48.8 Å². The van der Waals surface area contributed by atoms with Crippen LogP contribution in [0.2, 0.25) is 0 Å². The van der Waals surface area contributed by atoms with Gasteiger partial charge in [0.1, 0.15) is 23.9 Å². The molecule has 2 heterocycles. The van der Waals surface area contributed by atoms with Crippen molar-refractivity contribution in [2.45, 2.75) is 6.04 Å². The second-order valence-corrected chi connectivity index (χ2v) is 5.60. The van der Waals surface area contributed by atoms with Crippen LogP contribution in [0.5, 0.6) is 17.2 Å². The lowest BCUT2D eigenvalue weighted by atomic mass is 10.2. The Morgan fingerprint density at radius 1 is 1.28 bits per heavy atom. The second kappa shape index (κ2) is 8.34. The van der Waals surface area contributed by atoms with E-state index in [4.69, 9.17) is 14.2 Å². The molecule has 0 aliphatic carbocycles. The molecule has 3 rings (SSSR count). The molecule has 1 N–H and O–H groups in total. The summed E-state index contributed by atoms with van der Waals surface area (Å²) in [6.45, 7) is 2.29. The smallest absolute Gasteiger partial charge is 0.415 e. The summed E-state index contributed by atoms with van der Waals surface area (Å²) in [5, 5.41) is 3.27. The molecule has 2 aromatic rings. The van der Waals surface area contributed by atoms with Crippen LogP contribution < -0.4 is 19.5 Å². The Bertz CT molecular complexity index is 696. The first-order valence-electron chi connectivity index (χ1n) is 8.12. The fourth-order valence-corrected chi connectivity index (χ4v) is 2.60. The van der Waals surface area contributed by atoms with Gasteiger partial charge in [-0.2, -0.15) is 0 Å². The van der Waals surface area contributed by atoms with Gasteiger partial charge in [-0.3, -0.25) is 9.88 Å². The quantitative estimate of drug-likeness (QED) is 0.894. The van der Waals surface area contributed by atoms with E-state index in [1.54, 1.807) is 48.7 Å². The van der Waals surface area contributed by atoms with E-state index >= 15 is 0 Å². The van der Waals surface area contributed by atoms with Gasteiger partial charge in [-0.25, -0.2) is 4.79 Å². The molecule has 1 aliphatic rings. The minimum atomic E-state index is -0.394. The van der Waals surface area contributed by atoms with Gasteiger partial charge in [-0.05, 0) is 24.3 Å². The average Bonchev–Trinajstić information content (AvgIpc) is 2.67. The molecular weight excluding hydrogens is 322 g/mol. The molecule has 1 aromatic heterocycles. The van der Waals surface area contributed by atoms with Crippen molar-refractivity contribution in [3.8, 4) is 17.2 Å². The number of aromatic nitrogens is 1. The molecule has 7 heteroatoms. The van der Waals surface area contributed by atoms with Crippen LogP contribution in [0.4, 0.5) is 4.79 Å². The van der Waals surface area contributed by atoms with Crippen molar-refractivity contribution in [1.29, 1.82) is 0 Å². The molecule has 0 spiro atoms. The third kappa shape index (κ3) is 4.60. The summed E-state index contributed by atoms with van der Waals surface area (Å²) in [5.41, 5.74) is 0. The molecule has 1 atom stereocenters. The Morgan fingerprint density at radius 2 is 2.12 bits per heavy atom. The Balaban J connectivity index is 1.62. The third-order valence-corrected chi connectivity index (χ3v) is 3.91. The van der Waals surface area contributed by atoms with Gasteiger partial charge in [0.25, 0.3) is 0 Å². The first kappa shape index (κ1) is 17.0. The van der Waals surface area contributed by atoms with E-state index in [0.717, 1.165) is 6.54 Å². The summed E-state index contributed by atoms with van der Waals surface area (Å²) in [7, 11) is 1.57. The maximum absolute atomic E-state index is 12.6. The summed E-state index contributed by atoms with van der Waals surface area (Å²) in [6.07, 6.45) is 2.94. The van der Waals surface area contributed by atoms with Crippen molar-refractivity contribution in [3.63, 3.8) is 0 Å². The lowest BCUT2D eigenvalue weighted by molar-refractivity contribution is 0.0952. The summed E-state index contributed by atoms with van der Waals surface area (Å²) in [6, 6.07) is 10.5. The maximum atomic E-state index is 12.6. The van der Waals surface area contributed by atoms with Crippen LogP contribution in [0.3, 0.4) is 0 Å². The van der Waals surface area contributed by atoms with Crippen molar-refractivity contribution in [2.24, 2.45) is 0 Å². The maximum Gasteiger partial charge on any atom is 0.415 e. The lowest BCUT2D eigenvalue weighted by Gasteiger charge is -2.35. The number of carbonyl (C=O) groups is 1. The first-order valence-corrected chi connectivity index (χ1v) is 8.12. The number of benzene rings is 1. The number of hydrogen-bond acceptors (Lipinski definition) is 6. The van der Waals surface area contributed by atoms with Gasteiger partial charge in [0, 0.05) is 31.9 Å². The molecule has 132 valence electrons. The molecule has 0 bridgehead atoms. The van der Waals surface area contributed by atoms with Crippen LogP contribution in [0.15, 0.2) is 48.8 Å². The number of pyridine rings is 1. The summed E-state index contributed by atoms with van der Waals surface area (Å²) >= 11 is 0. The lowest BCUT2D eigenvalue weighted by Crippen LogP contribution is -2.56. The Kier molecular flexibility index (Phi) is 5.69. The number of ether oxygens (including phenoxy) is 3. The van der Waals surface area contributed by atoms with E-state index in [-0.39, 0.29) is 6.04 Å². The molecule has 1 unspecified atom stereocenters. The third-order valence-electron chi connectivity index (χ3n) is 3.91. The molecule has 0 radical (unpaired) electrons. The van der Waals surface area contributed by atoms with Crippen molar-refractivity contribution < 1.29 is 19.0 Å². The molecule has 1 saturated heterocycles. The Morgan fingerprint density at radius 3 is 2.92 bits per heavy atom. The van der Waals surface area contributed by atoms with E-state index in [9.17, 15) is 4.79 Å². The van der Waals surface area contributed by atoms with Gasteiger partial charge in [0.05, 0.1) is 19.3 Å². The second-order valence-electron chi connectivity index (χ2n) is 5.60. The number of rotatable bonds is 5. The predicted octanol–water partition coefficient (Wildman–Crippen LogP) is 1.94. The molecule has 0 saturated carbocycles. The number of nitrogens with one attached hydrogen (secondary N) is 1. The SMILES string of the molecule is COc1cccc(OC(=O)N2CCNCC2COc2cccnc2)c1.